The van der Waals surface area contributed by atoms with Crippen molar-refractivity contribution in [3.8, 4) is 0 Å². The predicted octanol–water partition coefficient (Wildman–Crippen LogP) is 1.21. The van der Waals surface area contributed by atoms with Crippen molar-refractivity contribution >= 4 is 43.2 Å². The summed E-state index contributed by atoms with van der Waals surface area (Å²) in [5.74, 6) is -0.551. The Labute approximate surface area is 143 Å². The molecule has 24 heavy (non-hydrogen) atoms. The van der Waals surface area contributed by atoms with E-state index in [4.69, 9.17) is 0 Å². The van der Waals surface area contributed by atoms with E-state index in [0.29, 0.717) is 25.1 Å². The van der Waals surface area contributed by atoms with Crippen molar-refractivity contribution in [2.45, 2.75) is 12.8 Å². The van der Waals surface area contributed by atoms with Gasteiger partial charge in [0.15, 0.2) is 0 Å². The molecule has 2 heterocycles. The molecule has 2 aromatic rings. The molecule has 0 spiro atoms. The van der Waals surface area contributed by atoms with Crippen molar-refractivity contribution in [2.75, 3.05) is 24.7 Å². The maximum absolute atomic E-state index is 12.5. The third-order valence-electron chi connectivity index (χ3n) is 4.28. The van der Waals surface area contributed by atoms with Gasteiger partial charge in [0.1, 0.15) is 0 Å². The van der Waals surface area contributed by atoms with Crippen LogP contribution in [0.5, 0.6) is 0 Å². The maximum atomic E-state index is 12.5. The lowest BCUT2D eigenvalue weighted by atomic mass is 9.98. The van der Waals surface area contributed by atoms with Crippen LogP contribution in [0.3, 0.4) is 0 Å². The number of nitrogens with one attached hydrogen (secondary N) is 1. The second-order valence-corrected chi connectivity index (χ2v) is 9.03. The first-order valence-corrected chi connectivity index (χ1v) is 10.3. The van der Waals surface area contributed by atoms with E-state index in [-0.39, 0.29) is 23.2 Å². The smallest absolute Gasteiger partial charge is 0.307 e. The van der Waals surface area contributed by atoms with Crippen molar-refractivity contribution < 1.29 is 13.2 Å². The van der Waals surface area contributed by atoms with Gasteiger partial charge in [0, 0.05) is 25.8 Å². The fourth-order valence-corrected chi connectivity index (χ4v) is 4.74. The molecule has 1 aromatic carbocycles. The summed E-state index contributed by atoms with van der Waals surface area (Å²) in [6.45, 7) is 0.679. The Balaban J connectivity index is 1.76. The number of amides is 1. The molecule has 130 valence electrons. The molecule has 0 radical (unpaired) electrons. The Morgan fingerprint density at radius 3 is 2.83 bits per heavy atom. The Hall–Kier alpha value is -1.71. The molecule has 3 rings (SSSR count). The highest BCUT2D eigenvalue weighted by Gasteiger charge is 2.30. The first-order chi connectivity index (χ1) is 11.3. The molecule has 1 aliphatic heterocycles. The van der Waals surface area contributed by atoms with Gasteiger partial charge in [-0.1, -0.05) is 11.3 Å². The molecule has 1 aliphatic rings. The van der Waals surface area contributed by atoms with Gasteiger partial charge in [0.05, 0.1) is 22.4 Å². The summed E-state index contributed by atoms with van der Waals surface area (Å²) in [4.78, 5) is 24.1. The Morgan fingerprint density at radius 2 is 2.12 bits per heavy atom. The van der Waals surface area contributed by atoms with Gasteiger partial charge in [-0.2, -0.15) is 0 Å². The van der Waals surface area contributed by atoms with Gasteiger partial charge >= 0.3 is 4.87 Å². The van der Waals surface area contributed by atoms with E-state index in [0.717, 1.165) is 21.6 Å². The van der Waals surface area contributed by atoms with Crippen LogP contribution >= 0.6 is 11.3 Å². The number of carbonyl (C=O) groups excluding carboxylic acids is 1. The van der Waals surface area contributed by atoms with Crippen LogP contribution in [0.1, 0.15) is 12.8 Å². The number of hydrogen-bond acceptors (Lipinski definition) is 5. The van der Waals surface area contributed by atoms with Crippen molar-refractivity contribution in [3.05, 3.63) is 27.9 Å². The lowest BCUT2D eigenvalue weighted by Crippen LogP contribution is -2.43. The number of thiazole rings is 1. The lowest BCUT2D eigenvalue weighted by molar-refractivity contribution is -0.120. The van der Waals surface area contributed by atoms with Gasteiger partial charge in [-0.3, -0.25) is 9.59 Å². The number of fused-ring (bicyclic) bond motifs is 1. The number of benzene rings is 1. The molecule has 1 saturated heterocycles. The number of nitrogens with zero attached hydrogens (tertiary/aromatic N) is 2. The summed E-state index contributed by atoms with van der Waals surface area (Å²) in [5.41, 5.74) is 1.44. The minimum absolute atomic E-state index is 0.0513. The number of sulfonamides is 1. The van der Waals surface area contributed by atoms with Gasteiger partial charge in [-0.15, -0.1) is 0 Å². The highest BCUT2D eigenvalue weighted by Crippen LogP contribution is 2.24. The third-order valence-corrected chi connectivity index (χ3v) is 6.55. The topological polar surface area (TPSA) is 88.5 Å². The average Bonchev–Trinajstić information content (AvgIpc) is 2.81. The summed E-state index contributed by atoms with van der Waals surface area (Å²) < 4.78 is 27.0. The molecule has 0 unspecified atom stereocenters. The SMILES string of the molecule is Cn1c(=O)sc2cc(NC(=O)[C@@H]3CCCN(S(C)(=O)=O)C3)ccc21. The fourth-order valence-electron chi connectivity index (χ4n) is 2.91. The summed E-state index contributed by atoms with van der Waals surface area (Å²) in [6.07, 6.45) is 2.50. The summed E-state index contributed by atoms with van der Waals surface area (Å²) in [7, 11) is -1.57. The van der Waals surface area contributed by atoms with Crippen molar-refractivity contribution in [2.24, 2.45) is 13.0 Å². The molecule has 1 atom stereocenters. The van der Waals surface area contributed by atoms with Crippen LogP contribution in [-0.4, -0.2) is 42.5 Å². The molecule has 1 fully saturated rings. The highest BCUT2D eigenvalue weighted by atomic mass is 32.2. The molecule has 9 heteroatoms. The van der Waals surface area contributed by atoms with Crippen molar-refractivity contribution in [3.63, 3.8) is 0 Å². The molecule has 0 bridgehead atoms. The van der Waals surface area contributed by atoms with Crippen LogP contribution in [0.25, 0.3) is 10.2 Å². The molecular formula is C15H19N3O4S2. The second-order valence-electron chi connectivity index (χ2n) is 6.06. The van der Waals surface area contributed by atoms with E-state index in [1.807, 2.05) is 0 Å². The molecule has 1 aromatic heterocycles. The number of aryl methyl sites for hydroxylation is 1. The second kappa shape index (κ2) is 6.30. The monoisotopic (exact) mass is 369 g/mol. The first kappa shape index (κ1) is 17.1. The van der Waals surface area contributed by atoms with E-state index in [9.17, 15) is 18.0 Å². The lowest BCUT2D eigenvalue weighted by Gasteiger charge is -2.30. The van der Waals surface area contributed by atoms with E-state index >= 15 is 0 Å². The van der Waals surface area contributed by atoms with E-state index in [2.05, 4.69) is 5.32 Å². The predicted molar refractivity (Wildman–Crippen MR) is 94.8 cm³/mol. The van der Waals surface area contributed by atoms with Gasteiger partial charge in [0.2, 0.25) is 15.9 Å². The first-order valence-electron chi connectivity index (χ1n) is 7.61. The minimum Gasteiger partial charge on any atom is -0.326 e. The number of rotatable bonds is 3. The molecular weight excluding hydrogens is 350 g/mol. The molecule has 7 nitrogen and oxygen atoms in total. The zero-order valence-corrected chi connectivity index (χ0v) is 15.1. The van der Waals surface area contributed by atoms with Gasteiger partial charge < -0.3 is 9.88 Å². The summed E-state index contributed by atoms with van der Waals surface area (Å²) >= 11 is 1.13. The van der Waals surface area contributed by atoms with E-state index in [1.54, 1.807) is 29.8 Å². The maximum Gasteiger partial charge on any atom is 0.307 e. The van der Waals surface area contributed by atoms with Crippen LogP contribution in [0.4, 0.5) is 5.69 Å². The number of hydrogen-bond donors (Lipinski definition) is 1. The van der Waals surface area contributed by atoms with Crippen LogP contribution in [0, 0.1) is 5.92 Å². The Kier molecular flexibility index (Phi) is 4.50. The van der Waals surface area contributed by atoms with Gasteiger partial charge in [-0.25, -0.2) is 12.7 Å². The third kappa shape index (κ3) is 3.38. The van der Waals surface area contributed by atoms with Crippen LogP contribution < -0.4 is 10.2 Å². The average molecular weight is 369 g/mol. The zero-order chi connectivity index (χ0) is 17.5. The van der Waals surface area contributed by atoms with Crippen LogP contribution in [-0.2, 0) is 21.9 Å². The molecule has 1 amide bonds. The Bertz CT molecular complexity index is 945. The van der Waals surface area contributed by atoms with Gasteiger partial charge in [0.25, 0.3) is 0 Å². The van der Waals surface area contributed by atoms with Crippen LogP contribution in [0.2, 0.25) is 0 Å². The minimum atomic E-state index is -3.28. The summed E-state index contributed by atoms with van der Waals surface area (Å²) in [6, 6.07) is 5.33. The van der Waals surface area contributed by atoms with Crippen LogP contribution in [0.15, 0.2) is 23.0 Å². The fraction of sp³-hybridized carbons (Fsp3) is 0.467. The highest BCUT2D eigenvalue weighted by molar-refractivity contribution is 7.88. The largest absolute Gasteiger partial charge is 0.326 e. The normalized spacial score (nSPS) is 19.5. The number of piperidine rings is 1. The molecule has 1 N–H and O–H groups in total. The summed E-state index contributed by atoms with van der Waals surface area (Å²) in [5, 5.41) is 2.84. The van der Waals surface area contributed by atoms with E-state index in [1.165, 1.54) is 10.6 Å². The zero-order valence-electron chi connectivity index (χ0n) is 13.5. The van der Waals surface area contributed by atoms with E-state index < -0.39 is 10.0 Å². The van der Waals surface area contributed by atoms with Crippen molar-refractivity contribution in [1.82, 2.24) is 8.87 Å². The quantitative estimate of drug-likeness (QED) is 0.881. The molecule has 0 aliphatic carbocycles. The standard InChI is InChI=1S/C15H19N3O4S2/c1-17-12-6-5-11(8-13(12)23-15(17)20)16-14(19)10-4-3-7-18(9-10)24(2,21)22/h5-6,8,10H,3-4,7,9H2,1-2H3,(H,16,19)/t10-/m1/s1. The number of anilines is 1. The number of aromatic nitrogens is 1. The molecule has 0 saturated carbocycles. The van der Waals surface area contributed by atoms with Gasteiger partial charge in [-0.05, 0) is 31.0 Å². The van der Waals surface area contributed by atoms with Crippen molar-refractivity contribution in [1.29, 1.82) is 0 Å². The number of carbonyl (C=O) groups is 1. The Morgan fingerprint density at radius 1 is 1.38 bits per heavy atom.